The van der Waals surface area contributed by atoms with E-state index in [0.717, 1.165) is 36.9 Å². The Labute approximate surface area is 182 Å². The number of carbonyl (C=O) groups excluding carboxylic acids is 2. The SMILES string of the molecule is COC(=O)c1cc(S(=O)(=O)N2CCC[C@@H]2C(=O)Nc2cccc3c2CCCC3)cn1C. The van der Waals surface area contributed by atoms with Crippen molar-refractivity contribution >= 4 is 27.6 Å². The molecular weight excluding hydrogens is 418 g/mol. The van der Waals surface area contributed by atoms with Crippen molar-refractivity contribution in [2.24, 2.45) is 7.05 Å². The molecule has 4 rings (SSSR count). The highest BCUT2D eigenvalue weighted by atomic mass is 32.2. The number of carbonyl (C=O) groups is 2. The fourth-order valence-corrected chi connectivity index (χ4v) is 6.25. The van der Waals surface area contributed by atoms with Crippen LogP contribution in [0.1, 0.15) is 47.3 Å². The van der Waals surface area contributed by atoms with E-state index >= 15 is 0 Å². The number of ether oxygens (including phenoxy) is 1. The summed E-state index contributed by atoms with van der Waals surface area (Å²) in [7, 11) is -1.12. The topological polar surface area (TPSA) is 97.7 Å². The van der Waals surface area contributed by atoms with Gasteiger partial charge in [0.1, 0.15) is 16.6 Å². The number of sulfonamides is 1. The van der Waals surface area contributed by atoms with Crippen LogP contribution in [0.4, 0.5) is 5.69 Å². The molecule has 1 atom stereocenters. The molecule has 0 unspecified atom stereocenters. The molecule has 8 nitrogen and oxygen atoms in total. The summed E-state index contributed by atoms with van der Waals surface area (Å²) in [5.41, 5.74) is 3.32. The summed E-state index contributed by atoms with van der Waals surface area (Å²) in [4.78, 5) is 25.0. The molecule has 1 N–H and O–H groups in total. The number of nitrogens with zero attached hydrogens (tertiary/aromatic N) is 2. The molecule has 1 aromatic heterocycles. The highest BCUT2D eigenvalue weighted by Gasteiger charge is 2.40. The number of rotatable bonds is 5. The lowest BCUT2D eigenvalue weighted by atomic mass is 9.90. The monoisotopic (exact) mass is 445 g/mol. The van der Waals surface area contributed by atoms with Gasteiger partial charge in [0.25, 0.3) is 0 Å². The number of benzene rings is 1. The first-order chi connectivity index (χ1) is 14.8. The fourth-order valence-electron chi connectivity index (χ4n) is 4.52. The number of aryl methyl sites for hydroxylation is 2. The van der Waals surface area contributed by atoms with Crippen molar-refractivity contribution in [2.45, 2.75) is 49.5 Å². The predicted molar refractivity (Wildman–Crippen MR) is 115 cm³/mol. The molecule has 2 heterocycles. The molecular formula is C22H27N3O5S. The van der Waals surface area contributed by atoms with Crippen LogP contribution in [-0.2, 0) is 39.4 Å². The van der Waals surface area contributed by atoms with Gasteiger partial charge >= 0.3 is 5.97 Å². The number of fused-ring (bicyclic) bond motifs is 1. The summed E-state index contributed by atoms with van der Waals surface area (Å²) in [6.45, 7) is 0.260. The van der Waals surface area contributed by atoms with Gasteiger partial charge in [-0.3, -0.25) is 4.79 Å². The van der Waals surface area contributed by atoms with Crippen molar-refractivity contribution in [3.63, 3.8) is 0 Å². The maximum Gasteiger partial charge on any atom is 0.354 e. The molecule has 1 amide bonds. The van der Waals surface area contributed by atoms with E-state index in [1.807, 2.05) is 12.1 Å². The normalized spacial score (nSPS) is 19.1. The van der Waals surface area contributed by atoms with Crippen LogP contribution >= 0.6 is 0 Å². The van der Waals surface area contributed by atoms with Gasteiger partial charge in [-0.1, -0.05) is 12.1 Å². The van der Waals surface area contributed by atoms with E-state index in [-0.39, 0.29) is 23.0 Å². The van der Waals surface area contributed by atoms with E-state index in [0.29, 0.717) is 12.8 Å². The molecule has 1 aliphatic carbocycles. The van der Waals surface area contributed by atoms with Crippen molar-refractivity contribution in [1.29, 1.82) is 0 Å². The molecule has 0 saturated carbocycles. The van der Waals surface area contributed by atoms with Crippen molar-refractivity contribution in [3.05, 3.63) is 47.3 Å². The van der Waals surface area contributed by atoms with Crippen LogP contribution in [0.2, 0.25) is 0 Å². The first kappa shape index (κ1) is 21.6. The van der Waals surface area contributed by atoms with Gasteiger partial charge < -0.3 is 14.6 Å². The summed E-state index contributed by atoms with van der Waals surface area (Å²) in [6, 6.07) is 6.41. The molecule has 9 heteroatoms. The van der Waals surface area contributed by atoms with E-state index in [9.17, 15) is 18.0 Å². The van der Waals surface area contributed by atoms with Crippen LogP contribution in [-0.4, -0.2) is 48.9 Å². The quantitative estimate of drug-likeness (QED) is 0.713. The van der Waals surface area contributed by atoms with Gasteiger partial charge in [0, 0.05) is 25.5 Å². The summed E-state index contributed by atoms with van der Waals surface area (Å²) in [6.07, 6.45) is 6.57. The third kappa shape index (κ3) is 3.99. The number of nitrogens with one attached hydrogen (secondary N) is 1. The minimum Gasteiger partial charge on any atom is -0.464 e. The maximum atomic E-state index is 13.3. The summed E-state index contributed by atoms with van der Waals surface area (Å²) < 4.78 is 34.0. The summed E-state index contributed by atoms with van der Waals surface area (Å²) in [5, 5.41) is 2.99. The Morgan fingerprint density at radius 1 is 1.16 bits per heavy atom. The molecule has 31 heavy (non-hydrogen) atoms. The van der Waals surface area contributed by atoms with Crippen LogP contribution < -0.4 is 5.32 Å². The lowest BCUT2D eigenvalue weighted by Gasteiger charge is -2.24. The summed E-state index contributed by atoms with van der Waals surface area (Å²) in [5.74, 6) is -0.933. The average molecular weight is 446 g/mol. The third-order valence-electron chi connectivity index (χ3n) is 6.14. The van der Waals surface area contributed by atoms with Gasteiger partial charge in [-0.25, -0.2) is 13.2 Å². The number of hydrogen-bond donors (Lipinski definition) is 1. The Morgan fingerprint density at radius 3 is 2.71 bits per heavy atom. The number of hydrogen-bond acceptors (Lipinski definition) is 5. The average Bonchev–Trinajstić information content (AvgIpc) is 3.41. The zero-order valence-corrected chi connectivity index (χ0v) is 18.6. The van der Waals surface area contributed by atoms with Crippen molar-refractivity contribution in [3.8, 4) is 0 Å². The largest absolute Gasteiger partial charge is 0.464 e. The molecule has 2 aliphatic rings. The van der Waals surface area contributed by atoms with Crippen molar-refractivity contribution in [1.82, 2.24) is 8.87 Å². The van der Waals surface area contributed by atoms with Crippen LogP contribution in [0.3, 0.4) is 0 Å². The number of esters is 1. The highest BCUT2D eigenvalue weighted by Crippen LogP contribution is 2.31. The van der Waals surface area contributed by atoms with Crippen LogP contribution in [0.15, 0.2) is 35.4 Å². The van der Waals surface area contributed by atoms with Gasteiger partial charge in [0.05, 0.1) is 7.11 Å². The smallest absolute Gasteiger partial charge is 0.354 e. The standard InChI is InChI=1S/C22H27N3O5S/c1-24-14-16(13-20(24)22(27)30-2)31(28,29)25-12-6-11-19(25)21(26)23-18-10-5-8-15-7-3-4-9-17(15)18/h5,8,10,13-14,19H,3-4,6-7,9,11-12H2,1-2H3,(H,23,26)/t19-/m1/s1. The zero-order valence-electron chi connectivity index (χ0n) is 17.8. The Kier molecular flexibility index (Phi) is 5.90. The molecule has 1 saturated heterocycles. The van der Waals surface area contributed by atoms with Crippen LogP contribution in [0, 0.1) is 0 Å². The Bertz CT molecular complexity index is 1120. The minimum atomic E-state index is -3.94. The first-order valence-corrected chi connectivity index (χ1v) is 11.9. The minimum absolute atomic E-state index is 0.0211. The molecule has 0 bridgehead atoms. The molecule has 1 fully saturated rings. The predicted octanol–water partition coefficient (Wildman–Crippen LogP) is 2.48. The van der Waals surface area contributed by atoms with E-state index in [1.165, 1.54) is 33.8 Å². The second kappa shape index (κ2) is 8.47. The Balaban J connectivity index is 1.58. The fraction of sp³-hybridized carbons (Fsp3) is 0.455. The first-order valence-electron chi connectivity index (χ1n) is 10.5. The van der Waals surface area contributed by atoms with Crippen LogP contribution in [0.25, 0.3) is 0 Å². The van der Waals surface area contributed by atoms with E-state index in [1.54, 1.807) is 7.05 Å². The molecule has 0 radical (unpaired) electrons. The van der Waals surface area contributed by atoms with Crippen LogP contribution in [0.5, 0.6) is 0 Å². The zero-order chi connectivity index (χ0) is 22.2. The van der Waals surface area contributed by atoms with Gasteiger partial charge in [0.2, 0.25) is 15.9 Å². The number of anilines is 1. The highest BCUT2D eigenvalue weighted by molar-refractivity contribution is 7.89. The van der Waals surface area contributed by atoms with Gasteiger partial charge in [-0.05, 0) is 61.8 Å². The lowest BCUT2D eigenvalue weighted by molar-refractivity contribution is -0.119. The molecule has 2 aromatic rings. The van der Waals surface area contributed by atoms with Gasteiger partial charge in [-0.15, -0.1) is 0 Å². The van der Waals surface area contributed by atoms with E-state index < -0.39 is 22.0 Å². The van der Waals surface area contributed by atoms with Gasteiger partial charge in [-0.2, -0.15) is 4.31 Å². The molecule has 166 valence electrons. The summed E-state index contributed by atoms with van der Waals surface area (Å²) >= 11 is 0. The number of methoxy groups -OCH3 is 1. The van der Waals surface area contributed by atoms with Gasteiger partial charge in [0.15, 0.2) is 0 Å². The second-order valence-corrected chi connectivity index (χ2v) is 9.97. The third-order valence-corrected chi connectivity index (χ3v) is 8.01. The molecule has 1 aromatic carbocycles. The Hall–Kier alpha value is -2.65. The number of amides is 1. The molecule has 0 spiro atoms. The van der Waals surface area contributed by atoms with Crippen molar-refractivity contribution in [2.75, 3.05) is 19.0 Å². The van der Waals surface area contributed by atoms with Crippen molar-refractivity contribution < 1.29 is 22.7 Å². The second-order valence-electron chi connectivity index (χ2n) is 8.08. The Morgan fingerprint density at radius 2 is 1.94 bits per heavy atom. The number of aromatic nitrogens is 1. The maximum absolute atomic E-state index is 13.3. The van der Waals surface area contributed by atoms with E-state index in [2.05, 4.69) is 11.4 Å². The van der Waals surface area contributed by atoms with E-state index in [4.69, 9.17) is 4.74 Å². The molecule has 1 aliphatic heterocycles. The lowest BCUT2D eigenvalue weighted by Crippen LogP contribution is -2.43.